The van der Waals surface area contributed by atoms with Crippen LogP contribution in [-0.2, 0) is 11.1 Å². The number of alkyl halides is 2. The van der Waals surface area contributed by atoms with Gasteiger partial charge in [0.25, 0.3) is 0 Å². The zero-order valence-corrected chi connectivity index (χ0v) is 11.6. The van der Waals surface area contributed by atoms with Crippen LogP contribution in [-0.4, -0.2) is 14.0 Å². The Balaban J connectivity index is 0.00000112. The zero-order valence-electron chi connectivity index (χ0n) is 8.75. The first-order valence-corrected chi connectivity index (χ1v) is 6.03. The molecule has 2 saturated carbocycles. The predicted molar refractivity (Wildman–Crippen MR) is 47.4 cm³/mol. The van der Waals surface area contributed by atoms with Crippen molar-refractivity contribution in [3.05, 3.63) is 0 Å². The smallest absolute Gasteiger partial charge is 0.768 e. The van der Waals surface area contributed by atoms with Gasteiger partial charge in [0.05, 0.1) is 0 Å². The Kier molecular flexibility index (Phi) is 4.76. The maximum atomic E-state index is 12.9. The Morgan fingerprint density at radius 2 is 2.00 bits per heavy atom. The molecule has 0 N–H and O–H groups in total. The third kappa shape index (κ3) is 3.00. The Morgan fingerprint density at radius 3 is 2.40 bits per heavy atom. The Morgan fingerprint density at radius 1 is 1.33 bits per heavy atom. The summed E-state index contributed by atoms with van der Waals surface area (Å²) in [5.41, 5.74) is 0. The van der Waals surface area contributed by atoms with Gasteiger partial charge in [-0.25, -0.2) is 0 Å². The van der Waals surface area contributed by atoms with Crippen LogP contribution in [0, 0.1) is 17.8 Å². The van der Waals surface area contributed by atoms with Gasteiger partial charge >= 0.3 is 34.8 Å². The van der Waals surface area contributed by atoms with Gasteiger partial charge in [-0.15, -0.1) is 0 Å². The second-order valence-corrected chi connectivity index (χ2v) is 5.58. The molecule has 0 aromatic heterocycles. The van der Waals surface area contributed by atoms with E-state index in [0.717, 1.165) is 25.7 Å². The molecule has 0 aromatic carbocycles. The van der Waals surface area contributed by atoms with Gasteiger partial charge in [0, 0.05) is 17.5 Å². The molecule has 0 aromatic rings. The van der Waals surface area contributed by atoms with E-state index >= 15 is 0 Å². The summed E-state index contributed by atoms with van der Waals surface area (Å²) in [7, 11) is 0. The van der Waals surface area contributed by atoms with Gasteiger partial charge in [-0.05, 0) is 37.0 Å². The van der Waals surface area contributed by atoms with Gasteiger partial charge in [0.1, 0.15) is 0 Å². The van der Waals surface area contributed by atoms with Gasteiger partial charge in [-0.2, -0.15) is 8.78 Å². The van der Waals surface area contributed by atoms with E-state index in [1.807, 2.05) is 0 Å². The Bertz CT molecular complexity index is 262. The number of halogens is 2. The van der Waals surface area contributed by atoms with Crippen molar-refractivity contribution in [1.82, 2.24) is 0 Å². The number of hydrogen-bond acceptors (Lipinski definition) is 2. The first-order chi connectivity index (χ1) is 6.49. The molecule has 2 nitrogen and oxygen atoms in total. The molecule has 6 heteroatoms. The molecule has 2 aliphatic carbocycles. The molecule has 2 aliphatic rings. The standard InChI is InChI=1S/C9H14F2O2S.Na/c10-9(11,14(12)13)5-8-4-6-1-2-7(8)3-6;/h6-8H,1-5H2,(H,12,13);/q;+1/p-1/t6-,7+,8?;/m1./s1. The van der Waals surface area contributed by atoms with Crippen LogP contribution in [0.5, 0.6) is 0 Å². The SMILES string of the molecule is O=S([O-])C(F)(F)CC1C[C@@H]2CC[C@H]1C2.[Na+]. The average molecular weight is 246 g/mol. The minimum Gasteiger partial charge on any atom is -0.768 e. The molecule has 0 radical (unpaired) electrons. The quantitative estimate of drug-likeness (QED) is 0.487. The van der Waals surface area contributed by atoms with Crippen LogP contribution in [0.1, 0.15) is 32.1 Å². The van der Waals surface area contributed by atoms with Crippen molar-refractivity contribution in [3.8, 4) is 0 Å². The van der Waals surface area contributed by atoms with Crippen molar-refractivity contribution in [2.24, 2.45) is 17.8 Å². The average Bonchev–Trinajstić information content (AvgIpc) is 2.63. The number of fused-ring (bicyclic) bond motifs is 2. The van der Waals surface area contributed by atoms with Crippen molar-refractivity contribution in [3.63, 3.8) is 0 Å². The molecule has 2 unspecified atom stereocenters. The van der Waals surface area contributed by atoms with Crippen molar-refractivity contribution < 1.29 is 47.1 Å². The topological polar surface area (TPSA) is 40.1 Å². The molecule has 2 fully saturated rings. The van der Waals surface area contributed by atoms with Gasteiger partial charge in [-0.1, -0.05) is 6.42 Å². The van der Waals surface area contributed by atoms with Crippen LogP contribution < -0.4 is 29.6 Å². The summed E-state index contributed by atoms with van der Waals surface area (Å²) < 4.78 is 46.4. The first-order valence-electron chi connectivity index (χ1n) is 4.96. The zero-order chi connectivity index (χ0) is 10.3. The summed E-state index contributed by atoms with van der Waals surface area (Å²) in [6, 6.07) is 0. The maximum Gasteiger partial charge on any atom is 1.00 e. The van der Waals surface area contributed by atoms with E-state index in [-0.39, 0.29) is 35.5 Å². The predicted octanol–water partition coefficient (Wildman–Crippen LogP) is -0.711. The molecule has 15 heavy (non-hydrogen) atoms. The number of hydrogen-bond donors (Lipinski definition) is 0. The van der Waals surface area contributed by atoms with Gasteiger partial charge < -0.3 is 4.55 Å². The molecule has 0 saturated heterocycles. The Labute approximate surface area is 113 Å². The van der Waals surface area contributed by atoms with E-state index in [0.29, 0.717) is 11.8 Å². The fraction of sp³-hybridized carbons (Fsp3) is 1.00. The van der Waals surface area contributed by atoms with E-state index in [2.05, 4.69) is 0 Å². The maximum absolute atomic E-state index is 12.9. The summed E-state index contributed by atoms with van der Waals surface area (Å²) in [4.78, 5) is 0. The monoisotopic (exact) mass is 246 g/mol. The first kappa shape index (κ1) is 14.0. The molecule has 0 amide bonds. The van der Waals surface area contributed by atoms with Gasteiger partial charge in [0.2, 0.25) is 0 Å². The largest absolute Gasteiger partial charge is 1.00 e. The van der Waals surface area contributed by atoms with Gasteiger partial charge in [0.15, 0.2) is 0 Å². The van der Waals surface area contributed by atoms with E-state index in [9.17, 15) is 17.5 Å². The van der Waals surface area contributed by atoms with E-state index in [1.54, 1.807) is 0 Å². The van der Waals surface area contributed by atoms with E-state index in [4.69, 9.17) is 0 Å². The van der Waals surface area contributed by atoms with Gasteiger partial charge in [-0.3, -0.25) is 4.21 Å². The van der Waals surface area contributed by atoms with E-state index in [1.165, 1.54) is 0 Å². The summed E-state index contributed by atoms with van der Waals surface area (Å²) in [6.07, 6.45) is 3.53. The molecule has 0 aliphatic heterocycles. The number of rotatable bonds is 3. The van der Waals surface area contributed by atoms with Crippen LogP contribution >= 0.6 is 0 Å². The van der Waals surface area contributed by atoms with E-state index < -0.39 is 22.8 Å². The molecular formula is C9H13F2NaO2S. The summed E-state index contributed by atoms with van der Waals surface area (Å²) >= 11 is -3.26. The van der Waals surface area contributed by atoms with Crippen molar-refractivity contribution >= 4 is 11.1 Å². The summed E-state index contributed by atoms with van der Waals surface area (Å²) in [5.74, 6) is 0.872. The Hall–Kier alpha value is 0.970. The fourth-order valence-corrected chi connectivity index (χ4v) is 3.35. The van der Waals surface area contributed by atoms with Crippen LogP contribution in [0.25, 0.3) is 0 Å². The second kappa shape index (κ2) is 5.08. The molecule has 2 rings (SSSR count). The molecule has 2 bridgehead atoms. The fourth-order valence-electron chi connectivity index (χ4n) is 3.00. The van der Waals surface area contributed by atoms with Crippen molar-refractivity contribution in [2.75, 3.05) is 0 Å². The normalized spacial score (nSPS) is 36.3. The minimum atomic E-state index is -3.52. The van der Waals surface area contributed by atoms with Crippen LogP contribution in [0.4, 0.5) is 8.78 Å². The van der Waals surface area contributed by atoms with Crippen LogP contribution in [0.3, 0.4) is 0 Å². The molecule has 82 valence electrons. The van der Waals surface area contributed by atoms with Crippen molar-refractivity contribution in [2.45, 2.75) is 37.4 Å². The molecule has 0 heterocycles. The van der Waals surface area contributed by atoms with Crippen LogP contribution in [0.15, 0.2) is 0 Å². The molecule has 4 atom stereocenters. The third-order valence-electron chi connectivity index (χ3n) is 3.63. The van der Waals surface area contributed by atoms with Crippen LogP contribution in [0.2, 0.25) is 0 Å². The minimum absolute atomic E-state index is 0. The second-order valence-electron chi connectivity index (χ2n) is 4.51. The molecular weight excluding hydrogens is 233 g/mol. The summed E-state index contributed by atoms with van der Waals surface area (Å²) in [6.45, 7) is 0. The third-order valence-corrected chi connectivity index (χ3v) is 4.28. The summed E-state index contributed by atoms with van der Waals surface area (Å²) in [5, 5.41) is -3.52. The van der Waals surface area contributed by atoms with Crippen molar-refractivity contribution in [1.29, 1.82) is 0 Å². The molecule has 0 spiro atoms.